The van der Waals surface area contributed by atoms with Crippen LogP contribution < -0.4 is 0 Å². The number of ether oxygens (including phenoxy) is 2. The zero-order chi connectivity index (χ0) is 9.03. The van der Waals surface area contributed by atoms with E-state index in [1.54, 1.807) is 6.92 Å². The summed E-state index contributed by atoms with van der Waals surface area (Å²) >= 11 is 0. The molecule has 0 aromatic rings. The van der Waals surface area contributed by atoms with Gasteiger partial charge in [-0.05, 0) is 26.7 Å². The second-order valence-corrected chi connectivity index (χ2v) is 3.57. The Morgan fingerprint density at radius 1 is 1.42 bits per heavy atom. The molecule has 1 fully saturated rings. The lowest BCUT2D eigenvalue weighted by molar-refractivity contribution is -0.148. The Kier molecular flexibility index (Phi) is 3.50. The van der Waals surface area contributed by atoms with Crippen molar-refractivity contribution in [1.82, 2.24) is 0 Å². The average molecular weight is 174 g/mol. The molecule has 0 aromatic carbocycles. The predicted molar refractivity (Wildman–Crippen MR) is 45.8 cm³/mol. The van der Waals surface area contributed by atoms with Gasteiger partial charge in [0.2, 0.25) is 0 Å². The summed E-state index contributed by atoms with van der Waals surface area (Å²) in [5, 5.41) is 9.03. The summed E-state index contributed by atoms with van der Waals surface area (Å²) in [6.07, 6.45) is 2.43. The third-order valence-corrected chi connectivity index (χ3v) is 2.15. The van der Waals surface area contributed by atoms with Gasteiger partial charge >= 0.3 is 0 Å². The van der Waals surface area contributed by atoms with Gasteiger partial charge < -0.3 is 14.6 Å². The number of aliphatic hydroxyl groups is 1. The fourth-order valence-corrected chi connectivity index (χ4v) is 1.42. The monoisotopic (exact) mass is 174 g/mol. The van der Waals surface area contributed by atoms with Gasteiger partial charge in [-0.2, -0.15) is 0 Å². The molecule has 1 atom stereocenters. The van der Waals surface area contributed by atoms with Crippen LogP contribution in [0.4, 0.5) is 0 Å². The van der Waals surface area contributed by atoms with Crippen LogP contribution >= 0.6 is 0 Å². The molecule has 12 heavy (non-hydrogen) atoms. The predicted octanol–water partition coefficient (Wildman–Crippen LogP) is 1.30. The lowest BCUT2D eigenvalue weighted by Crippen LogP contribution is -2.25. The van der Waals surface area contributed by atoms with E-state index in [4.69, 9.17) is 14.6 Å². The average Bonchev–Trinajstić information content (AvgIpc) is 2.35. The molecule has 1 aliphatic heterocycles. The zero-order valence-electron chi connectivity index (χ0n) is 7.88. The second kappa shape index (κ2) is 4.21. The largest absolute Gasteiger partial charge is 0.393 e. The molecule has 0 aromatic heterocycles. The first-order chi connectivity index (χ1) is 5.62. The summed E-state index contributed by atoms with van der Waals surface area (Å²) in [7, 11) is 0. The van der Waals surface area contributed by atoms with E-state index in [1.165, 1.54) is 0 Å². The van der Waals surface area contributed by atoms with E-state index >= 15 is 0 Å². The van der Waals surface area contributed by atoms with Gasteiger partial charge in [0.1, 0.15) is 0 Å². The molecule has 72 valence electrons. The first-order valence-corrected chi connectivity index (χ1v) is 4.58. The van der Waals surface area contributed by atoms with Crippen LogP contribution in [0.2, 0.25) is 0 Å². The molecule has 1 N–H and O–H groups in total. The SMILES string of the molecule is CC(O)CCCC1(C)OCCO1. The first-order valence-electron chi connectivity index (χ1n) is 4.58. The molecular weight excluding hydrogens is 156 g/mol. The molecule has 1 heterocycles. The van der Waals surface area contributed by atoms with Gasteiger partial charge in [-0.15, -0.1) is 0 Å². The molecule has 3 heteroatoms. The fourth-order valence-electron chi connectivity index (χ4n) is 1.42. The summed E-state index contributed by atoms with van der Waals surface area (Å²) < 4.78 is 10.8. The second-order valence-electron chi connectivity index (χ2n) is 3.57. The zero-order valence-corrected chi connectivity index (χ0v) is 7.88. The lowest BCUT2D eigenvalue weighted by Gasteiger charge is -2.22. The normalized spacial score (nSPS) is 24.2. The first kappa shape index (κ1) is 9.96. The Morgan fingerprint density at radius 3 is 2.50 bits per heavy atom. The summed E-state index contributed by atoms with van der Waals surface area (Å²) in [5.41, 5.74) is 0. The minimum absolute atomic E-state index is 0.213. The molecule has 1 rings (SSSR count). The molecule has 0 amide bonds. The highest BCUT2D eigenvalue weighted by atomic mass is 16.7. The van der Waals surface area contributed by atoms with Gasteiger partial charge in [0.25, 0.3) is 0 Å². The lowest BCUT2D eigenvalue weighted by atomic mass is 10.1. The third kappa shape index (κ3) is 3.09. The van der Waals surface area contributed by atoms with Crippen LogP contribution in [0.3, 0.4) is 0 Å². The quantitative estimate of drug-likeness (QED) is 0.698. The molecule has 3 nitrogen and oxygen atoms in total. The summed E-state index contributed by atoms with van der Waals surface area (Å²) in [4.78, 5) is 0. The van der Waals surface area contributed by atoms with Crippen molar-refractivity contribution in [1.29, 1.82) is 0 Å². The maximum absolute atomic E-state index is 9.03. The molecule has 0 bridgehead atoms. The Hall–Kier alpha value is -0.120. The molecular formula is C9H18O3. The van der Waals surface area contributed by atoms with Gasteiger partial charge in [-0.3, -0.25) is 0 Å². The smallest absolute Gasteiger partial charge is 0.165 e. The van der Waals surface area contributed by atoms with Crippen molar-refractivity contribution in [3.05, 3.63) is 0 Å². The van der Waals surface area contributed by atoms with Crippen LogP contribution in [-0.2, 0) is 9.47 Å². The molecule has 1 saturated heterocycles. The van der Waals surface area contributed by atoms with Crippen molar-refractivity contribution in [2.75, 3.05) is 13.2 Å². The van der Waals surface area contributed by atoms with Crippen LogP contribution in [0.15, 0.2) is 0 Å². The van der Waals surface area contributed by atoms with Crippen molar-refractivity contribution in [2.24, 2.45) is 0 Å². The maximum Gasteiger partial charge on any atom is 0.165 e. The topological polar surface area (TPSA) is 38.7 Å². The molecule has 1 unspecified atom stereocenters. The van der Waals surface area contributed by atoms with Crippen LogP contribution in [0.5, 0.6) is 0 Å². The highest BCUT2D eigenvalue weighted by Crippen LogP contribution is 2.24. The molecule has 1 aliphatic rings. The number of hydrogen-bond acceptors (Lipinski definition) is 3. The van der Waals surface area contributed by atoms with E-state index in [0.717, 1.165) is 19.3 Å². The Labute approximate surface area is 73.7 Å². The van der Waals surface area contributed by atoms with E-state index < -0.39 is 0 Å². The standard InChI is InChI=1S/C9H18O3/c1-8(10)4-3-5-9(2)11-6-7-12-9/h8,10H,3-7H2,1-2H3. The Morgan fingerprint density at radius 2 is 2.00 bits per heavy atom. The summed E-state index contributed by atoms with van der Waals surface area (Å²) in [6.45, 7) is 5.16. The van der Waals surface area contributed by atoms with Gasteiger partial charge in [0.05, 0.1) is 19.3 Å². The molecule has 0 saturated carbocycles. The van der Waals surface area contributed by atoms with Gasteiger partial charge in [-0.1, -0.05) is 0 Å². The van der Waals surface area contributed by atoms with Crippen molar-refractivity contribution in [2.45, 2.75) is 45.0 Å². The maximum atomic E-state index is 9.03. The third-order valence-electron chi connectivity index (χ3n) is 2.15. The number of aliphatic hydroxyl groups excluding tert-OH is 1. The minimum atomic E-state index is -0.380. The molecule has 0 radical (unpaired) electrons. The van der Waals surface area contributed by atoms with Crippen LogP contribution in [-0.4, -0.2) is 30.2 Å². The van der Waals surface area contributed by atoms with Crippen molar-refractivity contribution < 1.29 is 14.6 Å². The van der Waals surface area contributed by atoms with Gasteiger partial charge in [0.15, 0.2) is 5.79 Å². The molecule has 0 aliphatic carbocycles. The van der Waals surface area contributed by atoms with Crippen LogP contribution in [0.25, 0.3) is 0 Å². The highest BCUT2D eigenvalue weighted by molar-refractivity contribution is 4.68. The van der Waals surface area contributed by atoms with E-state index in [9.17, 15) is 0 Å². The Bertz CT molecular complexity index is 128. The van der Waals surface area contributed by atoms with Crippen molar-refractivity contribution in [3.63, 3.8) is 0 Å². The van der Waals surface area contributed by atoms with Gasteiger partial charge in [0, 0.05) is 6.42 Å². The van der Waals surface area contributed by atoms with Crippen molar-refractivity contribution >= 4 is 0 Å². The van der Waals surface area contributed by atoms with E-state index in [0.29, 0.717) is 13.2 Å². The molecule has 0 spiro atoms. The summed E-state index contributed by atoms with van der Waals surface area (Å²) in [5.74, 6) is -0.380. The van der Waals surface area contributed by atoms with Crippen LogP contribution in [0.1, 0.15) is 33.1 Å². The number of rotatable bonds is 4. The van der Waals surface area contributed by atoms with E-state index in [2.05, 4.69) is 0 Å². The summed E-state index contributed by atoms with van der Waals surface area (Å²) in [6, 6.07) is 0. The van der Waals surface area contributed by atoms with E-state index in [-0.39, 0.29) is 11.9 Å². The number of hydrogen-bond donors (Lipinski definition) is 1. The van der Waals surface area contributed by atoms with Gasteiger partial charge in [-0.25, -0.2) is 0 Å². The van der Waals surface area contributed by atoms with E-state index in [1.807, 2.05) is 6.92 Å². The van der Waals surface area contributed by atoms with Crippen LogP contribution in [0, 0.1) is 0 Å². The Balaban J connectivity index is 2.13. The minimum Gasteiger partial charge on any atom is -0.393 e. The fraction of sp³-hybridized carbons (Fsp3) is 1.00. The van der Waals surface area contributed by atoms with Crippen molar-refractivity contribution in [3.8, 4) is 0 Å². The highest BCUT2D eigenvalue weighted by Gasteiger charge is 2.29.